The predicted octanol–water partition coefficient (Wildman–Crippen LogP) is 4.13. The number of amides is 1. The zero-order valence-corrected chi connectivity index (χ0v) is 17.8. The molecule has 7 nitrogen and oxygen atoms in total. The highest BCUT2D eigenvalue weighted by Crippen LogP contribution is 2.20. The van der Waals surface area contributed by atoms with Gasteiger partial charge < -0.3 is 5.32 Å². The number of carbonyl (C=O) groups is 1. The SMILES string of the molecule is O=C(Cc1ccc(-c2ccccc2)cc1)Nc1ccc(S(=O)(=O)Nc2ncccn2)cc1. The lowest BCUT2D eigenvalue weighted by Gasteiger charge is -2.09. The lowest BCUT2D eigenvalue weighted by molar-refractivity contribution is -0.115. The van der Waals surface area contributed by atoms with E-state index in [2.05, 4.69) is 20.0 Å². The summed E-state index contributed by atoms with van der Waals surface area (Å²) >= 11 is 0. The third-order valence-electron chi connectivity index (χ3n) is 4.67. The smallest absolute Gasteiger partial charge is 0.264 e. The molecule has 1 amide bonds. The first-order chi connectivity index (χ1) is 15.5. The molecule has 0 saturated heterocycles. The third kappa shape index (κ3) is 5.35. The van der Waals surface area contributed by atoms with E-state index < -0.39 is 10.0 Å². The molecule has 0 atom stereocenters. The summed E-state index contributed by atoms with van der Waals surface area (Å²) < 4.78 is 27.2. The van der Waals surface area contributed by atoms with Gasteiger partial charge in [0.1, 0.15) is 0 Å². The molecule has 0 aliphatic carbocycles. The van der Waals surface area contributed by atoms with E-state index in [1.165, 1.54) is 36.7 Å². The summed E-state index contributed by atoms with van der Waals surface area (Å²) in [6.07, 6.45) is 3.10. The van der Waals surface area contributed by atoms with Crippen LogP contribution in [0.2, 0.25) is 0 Å². The fourth-order valence-electron chi connectivity index (χ4n) is 3.08. The lowest BCUT2D eigenvalue weighted by atomic mass is 10.0. The minimum atomic E-state index is -3.82. The lowest BCUT2D eigenvalue weighted by Crippen LogP contribution is -2.16. The van der Waals surface area contributed by atoms with Gasteiger partial charge in [-0.15, -0.1) is 0 Å². The number of carbonyl (C=O) groups excluding carboxylic acids is 1. The number of benzene rings is 3. The molecule has 0 radical (unpaired) electrons. The zero-order chi connectivity index (χ0) is 22.4. The summed E-state index contributed by atoms with van der Waals surface area (Å²) in [4.78, 5) is 20.1. The molecule has 0 saturated carbocycles. The second-order valence-electron chi connectivity index (χ2n) is 6.99. The summed E-state index contributed by atoms with van der Waals surface area (Å²) in [5.74, 6) is -0.202. The molecule has 0 spiro atoms. The van der Waals surface area contributed by atoms with Gasteiger partial charge in [-0.05, 0) is 47.0 Å². The van der Waals surface area contributed by atoms with E-state index in [0.717, 1.165) is 16.7 Å². The van der Waals surface area contributed by atoms with Crippen molar-refractivity contribution in [3.05, 3.63) is 103 Å². The zero-order valence-electron chi connectivity index (χ0n) is 17.0. The van der Waals surface area contributed by atoms with Crippen LogP contribution in [0.4, 0.5) is 11.6 Å². The number of sulfonamides is 1. The van der Waals surface area contributed by atoms with Crippen LogP contribution >= 0.6 is 0 Å². The highest BCUT2D eigenvalue weighted by atomic mass is 32.2. The second-order valence-corrected chi connectivity index (χ2v) is 8.67. The monoisotopic (exact) mass is 444 g/mol. The van der Waals surface area contributed by atoms with Crippen LogP contribution in [0.15, 0.2) is 102 Å². The van der Waals surface area contributed by atoms with Crippen molar-refractivity contribution >= 4 is 27.6 Å². The Labute approximate surface area is 186 Å². The maximum absolute atomic E-state index is 12.4. The van der Waals surface area contributed by atoms with E-state index >= 15 is 0 Å². The van der Waals surface area contributed by atoms with Crippen LogP contribution in [0, 0.1) is 0 Å². The molecule has 160 valence electrons. The first-order valence-electron chi connectivity index (χ1n) is 9.84. The van der Waals surface area contributed by atoms with Crippen LogP contribution in [-0.2, 0) is 21.2 Å². The predicted molar refractivity (Wildman–Crippen MR) is 123 cm³/mol. The van der Waals surface area contributed by atoms with Gasteiger partial charge in [0.25, 0.3) is 10.0 Å². The van der Waals surface area contributed by atoms with Crippen LogP contribution in [0.5, 0.6) is 0 Å². The van der Waals surface area contributed by atoms with Gasteiger partial charge in [-0.1, -0.05) is 54.6 Å². The maximum Gasteiger partial charge on any atom is 0.264 e. The van der Waals surface area contributed by atoms with E-state index in [0.29, 0.717) is 5.69 Å². The molecule has 0 unspecified atom stereocenters. The van der Waals surface area contributed by atoms with Gasteiger partial charge in [0.2, 0.25) is 11.9 Å². The van der Waals surface area contributed by atoms with Crippen LogP contribution in [0.3, 0.4) is 0 Å². The van der Waals surface area contributed by atoms with E-state index in [1.807, 2.05) is 54.6 Å². The van der Waals surface area contributed by atoms with Gasteiger partial charge in [0, 0.05) is 18.1 Å². The highest BCUT2D eigenvalue weighted by Gasteiger charge is 2.15. The number of nitrogens with zero attached hydrogens (tertiary/aromatic N) is 2. The Bertz CT molecular complexity index is 1290. The van der Waals surface area contributed by atoms with Crippen molar-refractivity contribution in [1.82, 2.24) is 9.97 Å². The minimum Gasteiger partial charge on any atom is -0.326 e. The van der Waals surface area contributed by atoms with Crippen molar-refractivity contribution in [2.75, 3.05) is 10.0 Å². The molecule has 4 aromatic rings. The number of aromatic nitrogens is 2. The summed E-state index contributed by atoms with van der Waals surface area (Å²) in [7, 11) is -3.82. The number of anilines is 2. The van der Waals surface area contributed by atoms with Crippen LogP contribution in [0.25, 0.3) is 11.1 Å². The molecular formula is C24H20N4O3S. The average Bonchev–Trinajstić information content (AvgIpc) is 2.81. The Morgan fingerprint density at radius 3 is 2.03 bits per heavy atom. The quantitative estimate of drug-likeness (QED) is 0.446. The largest absolute Gasteiger partial charge is 0.326 e. The summed E-state index contributed by atoms with van der Waals surface area (Å²) in [5.41, 5.74) is 3.59. The fourth-order valence-corrected chi connectivity index (χ4v) is 4.04. The first-order valence-corrected chi connectivity index (χ1v) is 11.3. The Balaban J connectivity index is 1.36. The highest BCUT2D eigenvalue weighted by molar-refractivity contribution is 7.92. The molecule has 8 heteroatoms. The Hall–Kier alpha value is -4.04. The normalized spacial score (nSPS) is 11.0. The summed E-state index contributed by atoms with van der Waals surface area (Å²) in [6, 6.07) is 25.3. The number of hydrogen-bond donors (Lipinski definition) is 2. The summed E-state index contributed by atoms with van der Waals surface area (Å²) in [5, 5.41) is 2.79. The molecular weight excluding hydrogens is 424 g/mol. The first kappa shape index (κ1) is 21.2. The van der Waals surface area contributed by atoms with Gasteiger partial charge in [-0.2, -0.15) is 0 Å². The van der Waals surface area contributed by atoms with E-state index in [9.17, 15) is 13.2 Å². The van der Waals surface area contributed by atoms with Crippen molar-refractivity contribution in [1.29, 1.82) is 0 Å². The molecule has 3 aromatic carbocycles. The molecule has 2 N–H and O–H groups in total. The molecule has 4 rings (SSSR count). The molecule has 0 aliphatic heterocycles. The van der Waals surface area contributed by atoms with Crippen molar-refractivity contribution < 1.29 is 13.2 Å². The molecule has 0 fully saturated rings. The molecule has 1 aromatic heterocycles. The Morgan fingerprint density at radius 2 is 1.38 bits per heavy atom. The molecule has 1 heterocycles. The van der Waals surface area contributed by atoms with Gasteiger partial charge in [-0.3, -0.25) is 4.79 Å². The molecule has 0 aliphatic rings. The summed E-state index contributed by atoms with van der Waals surface area (Å²) in [6.45, 7) is 0. The Kier molecular flexibility index (Phi) is 6.23. The minimum absolute atomic E-state index is 0.0110. The van der Waals surface area contributed by atoms with Crippen molar-refractivity contribution in [2.24, 2.45) is 0 Å². The van der Waals surface area contributed by atoms with Crippen LogP contribution < -0.4 is 10.0 Å². The fraction of sp³-hybridized carbons (Fsp3) is 0.0417. The van der Waals surface area contributed by atoms with E-state index in [1.54, 1.807) is 6.07 Å². The topological polar surface area (TPSA) is 101 Å². The van der Waals surface area contributed by atoms with Crippen molar-refractivity contribution in [3.8, 4) is 11.1 Å². The van der Waals surface area contributed by atoms with Gasteiger partial charge >= 0.3 is 0 Å². The van der Waals surface area contributed by atoms with Crippen molar-refractivity contribution in [2.45, 2.75) is 11.3 Å². The van der Waals surface area contributed by atoms with Crippen LogP contribution in [-0.4, -0.2) is 24.3 Å². The Morgan fingerprint density at radius 1 is 0.750 bits per heavy atom. The van der Waals surface area contributed by atoms with Crippen molar-refractivity contribution in [3.63, 3.8) is 0 Å². The molecule has 32 heavy (non-hydrogen) atoms. The van der Waals surface area contributed by atoms with E-state index in [4.69, 9.17) is 0 Å². The number of nitrogens with one attached hydrogen (secondary N) is 2. The second kappa shape index (κ2) is 9.40. The van der Waals surface area contributed by atoms with Gasteiger partial charge in [0.15, 0.2) is 0 Å². The third-order valence-corrected chi connectivity index (χ3v) is 6.01. The average molecular weight is 445 g/mol. The molecule has 0 bridgehead atoms. The standard InChI is InChI=1S/C24H20N4O3S/c29-23(17-18-7-9-20(10-8-18)19-5-2-1-3-6-19)27-21-11-13-22(14-12-21)32(30,31)28-24-25-15-4-16-26-24/h1-16H,17H2,(H,27,29)(H,25,26,28). The number of rotatable bonds is 7. The van der Waals surface area contributed by atoms with Gasteiger partial charge in [-0.25, -0.2) is 23.1 Å². The van der Waals surface area contributed by atoms with Gasteiger partial charge in [0.05, 0.1) is 11.3 Å². The van der Waals surface area contributed by atoms with E-state index in [-0.39, 0.29) is 23.2 Å². The number of hydrogen-bond acceptors (Lipinski definition) is 5. The maximum atomic E-state index is 12.4. The van der Waals surface area contributed by atoms with Crippen LogP contribution in [0.1, 0.15) is 5.56 Å².